The van der Waals surface area contributed by atoms with Crippen LogP contribution in [0.5, 0.6) is 0 Å². The van der Waals surface area contributed by atoms with Crippen LogP contribution in [0, 0.1) is 48.1 Å². The maximum absolute atomic E-state index is 13.4. The van der Waals surface area contributed by atoms with Crippen molar-refractivity contribution >= 4 is 34.9 Å². The summed E-state index contributed by atoms with van der Waals surface area (Å²) >= 11 is 0. The van der Waals surface area contributed by atoms with Gasteiger partial charge in [0.05, 0.1) is 42.5 Å². The first-order valence-electron chi connectivity index (χ1n) is 25.3. The number of carbonyl (C=O) groups is 4. The Morgan fingerprint density at radius 2 is 1.04 bits per heavy atom. The average Bonchev–Trinajstić information content (AvgIpc) is 4.02. The molecule has 2 aliphatic carbocycles. The van der Waals surface area contributed by atoms with E-state index in [0.717, 1.165) is 93.0 Å². The number of pyridine rings is 2. The number of ketones is 2. The predicted octanol–water partition coefficient (Wildman–Crippen LogP) is 8.83. The Hall–Kier alpha value is -6.38. The molecule has 0 spiro atoms. The van der Waals surface area contributed by atoms with Crippen molar-refractivity contribution in [2.24, 2.45) is 32.7 Å². The Morgan fingerprint density at radius 3 is 1.47 bits per heavy atom. The van der Waals surface area contributed by atoms with Gasteiger partial charge < -0.3 is 15.3 Å². The summed E-state index contributed by atoms with van der Waals surface area (Å²) in [5, 5.41) is 10.2. The summed E-state index contributed by atoms with van der Waals surface area (Å²) in [7, 11) is 1.41. The topological polar surface area (TPSA) is 178 Å². The molecule has 6 aromatic rings. The van der Waals surface area contributed by atoms with Gasteiger partial charge in [0.15, 0.2) is 11.6 Å². The molecule has 0 amide bonds. The van der Waals surface area contributed by atoms with Crippen molar-refractivity contribution in [3.63, 3.8) is 0 Å². The third-order valence-electron chi connectivity index (χ3n) is 15.4. The van der Waals surface area contributed by atoms with E-state index in [2.05, 4.69) is 9.97 Å². The molecule has 2 aromatic heterocycles. The number of carboxylic acid groups (broad SMARTS) is 1. The quantitative estimate of drug-likeness (QED) is 0.0634. The minimum absolute atomic E-state index is 0. The second-order valence-electron chi connectivity index (χ2n) is 20.6. The zero-order valence-corrected chi connectivity index (χ0v) is 45.1. The fourth-order valence-electron chi connectivity index (χ4n) is 11.7. The largest absolute Gasteiger partial charge is 1.00 e. The van der Waals surface area contributed by atoms with Gasteiger partial charge in [0.2, 0.25) is 0 Å². The summed E-state index contributed by atoms with van der Waals surface area (Å²) in [6.07, 6.45) is 10.7. The number of benzene rings is 4. The molecule has 4 atom stereocenters. The molecule has 2 fully saturated rings. The summed E-state index contributed by atoms with van der Waals surface area (Å²) in [4.78, 5) is 70.2. The molecule has 2 aliphatic heterocycles. The van der Waals surface area contributed by atoms with E-state index in [4.69, 9.17) is 14.7 Å². The third-order valence-corrected chi connectivity index (χ3v) is 15.4. The number of halogens is 2. The molecule has 0 radical (unpaired) electrons. The molecule has 4 aromatic carbocycles. The Labute approximate surface area is 459 Å². The second-order valence-corrected chi connectivity index (χ2v) is 20.6. The van der Waals surface area contributed by atoms with Gasteiger partial charge in [0, 0.05) is 70.0 Å². The van der Waals surface area contributed by atoms with E-state index < -0.39 is 16.8 Å². The van der Waals surface area contributed by atoms with Crippen LogP contribution in [-0.4, -0.2) is 62.6 Å². The number of hydrogen-bond acceptors (Lipinski definition) is 10. The van der Waals surface area contributed by atoms with Crippen molar-refractivity contribution in [3.8, 4) is 0 Å². The van der Waals surface area contributed by atoms with Gasteiger partial charge in [-0.3, -0.25) is 39.1 Å². The molecule has 11 nitrogen and oxygen atoms in total. The number of aromatic nitrogens is 2. The first-order valence-corrected chi connectivity index (χ1v) is 25.3. The van der Waals surface area contributed by atoms with Crippen LogP contribution in [0.4, 0.5) is 8.78 Å². The van der Waals surface area contributed by atoms with E-state index in [1.807, 2.05) is 74.5 Å². The Kier molecular flexibility index (Phi) is 18.4. The minimum atomic E-state index is -0.933. The molecular formula is C61H61F2N4NaO7. The van der Waals surface area contributed by atoms with Crippen LogP contribution in [0.2, 0.25) is 0 Å². The number of ether oxygens (including phenoxy) is 1. The molecule has 2 N–H and O–H groups in total. The number of hydrogen-bond donors (Lipinski definition) is 1. The van der Waals surface area contributed by atoms with Gasteiger partial charge in [-0.05, 0) is 160 Å². The van der Waals surface area contributed by atoms with Crippen LogP contribution in [-0.2, 0) is 40.3 Å². The number of carboxylic acids is 1. The summed E-state index contributed by atoms with van der Waals surface area (Å²) in [6.45, 7) is 5.09. The number of methoxy groups -OCH3 is 1. The molecular weight excluding hydrogens is 962 g/mol. The number of rotatable bonds is 14. The van der Waals surface area contributed by atoms with Crippen molar-refractivity contribution in [1.82, 2.24) is 9.97 Å². The molecule has 14 heteroatoms. The zero-order chi connectivity index (χ0) is 51.3. The minimum Gasteiger partial charge on any atom is -0.870 e. The van der Waals surface area contributed by atoms with Crippen LogP contribution in [0.25, 0.3) is 0 Å². The summed E-state index contributed by atoms with van der Waals surface area (Å²) in [5.74, 6) is -1.55. The normalized spacial score (nSPS) is 20.3. The van der Waals surface area contributed by atoms with Crippen LogP contribution in [0.1, 0.15) is 141 Å². The van der Waals surface area contributed by atoms with Gasteiger partial charge in [-0.1, -0.05) is 61.4 Å². The van der Waals surface area contributed by atoms with Crippen molar-refractivity contribution in [3.05, 3.63) is 200 Å². The Bertz CT molecular complexity index is 3140. The molecule has 0 bridgehead atoms. The summed E-state index contributed by atoms with van der Waals surface area (Å²) < 4.78 is 32.0. The van der Waals surface area contributed by atoms with E-state index in [-0.39, 0.29) is 76.0 Å². The van der Waals surface area contributed by atoms with E-state index in [1.165, 1.54) is 31.4 Å². The van der Waals surface area contributed by atoms with E-state index in [0.29, 0.717) is 75.6 Å². The molecule has 2 saturated carbocycles. The van der Waals surface area contributed by atoms with Crippen molar-refractivity contribution in [2.75, 3.05) is 7.11 Å². The van der Waals surface area contributed by atoms with Crippen LogP contribution in [0.3, 0.4) is 0 Å². The molecule has 382 valence electrons. The fourth-order valence-corrected chi connectivity index (χ4v) is 11.7. The smallest absolute Gasteiger partial charge is 0.870 e. The maximum Gasteiger partial charge on any atom is 1.00 e. The van der Waals surface area contributed by atoms with Gasteiger partial charge in [0.25, 0.3) is 0 Å². The number of aliphatic carboxylic acids is 1. The van der Waals surface area contributed by atoms with Gasteiger partial charge in [-0.25, -0.2) is 8.78 Å². The standard InChI is InChI=1S/C31H31FN2O3.C30H29FN2O3.Na.H2O/c1-20-14-24(11-13-33-20)29-27-16-23(7-8-25(27)19-34-29)28(35)15-22-4-3-12-31(18-22,30(36)37-2)17-21-5-9-26(32)10-6-21;1-19-13-23(10-12-32-19)28-26-15-22(6-7-24(26)18-33-28)27(34)14-21-3-2-11-30(17-21,29(35)36)16-20-4-8-25(31)9-5-20;;/h5-11,13-14,16,22H,3-4,12,15,17-19H2,1-2H3;4-10,12-13,15,21H,2-3,11,14,16-18H2,1H3,(H,35,36);;1H2/q;;+1;/p-1. The van der Waals surface area contributed by atoms with Gasteiger partial charge in [-0.2, -0.15) is 0 Å². The molecule has 0 saturated heterocycles. The first kappa shape index (κ1) is 56.3. The molecule has 75 heavy (non-hydrogen) atoms. The number of aliphatic imine (C=N–C) groups is 2. The Morgan fingerprint density at radius 1 is 0.613 bits per heavy atom. The van der Waals surface area contributed by atoms with E-state index in [9.17, 15) is 33.1 Å². The zero-order valence-electron chi connectivity index (χ0n) is 43.1. The molecule has 4 unspecified atom stereocenters. The number of aryl methyl sites for hydroxylation is 2. The number of fused-ring (bicyclic) bond motifs is 2. The SMILES string of the molecule is COC(=O)C1(Cc2ccc(F)cc2)CCCC(CC(=O)c2ccc3c(c2)C(c2ccnc(C)c2)=NC3)C1.Cc1cc(C2=NCc3ccc(C(=O)CC4CCCC(Cc5ccc(F)cc5)(C(=O)O)C4)cc32)ccn1.[Na+].[OH-]. The third kappa shape index (κ3) is 13.0. The molecule has 4 heterocycles. The average molecular weight is 1020 g/mol. The number of nitrogens with zero attached hydrogens (tertiary/aromatic N) is 4. The molecule has 10 rings (SSSR count). The summed E-state index contributed by atoms with van der Waals surface area (Å²) in [5.41, 5.74) is 11.2. The van der Waals surface area contributed by atoms with Gasteiger partial charge >= 0.3 is 41.5 Å². The fraction of sp³-hybridized carbons (Fsp3) is 0.344. The van der Waals surface area contributed by atoms with Gasteiger partial charge in [-0.15, -0.1) is 0 Å². The van der Waals surface area contributed by atoms with Crippen molar-refractivity contribution in [2.45, 2.75) is 104 Å². The van der Waals surface area contributed by atoms with Crippen molar-refractivity contribution < 1.29 is 72.8 Å². The summed E-state index contributed by atoms with van der Waals surface area (Å²) in [6, 6.07) is 31.9. The van der Waals surface area contributed by atoms with Gasteiger partial charge in [0.1, 0.15) is 11.6 Å². The maximum atomic E-state index is 13.4. The van der Waals surface area contributed by atoms with Crippen LogP contribution >= 0.6 is 0 Å². The van der Waals surface area contributed by atoms with E-state index >= 15 is 0 Å². The number of esters is 1. The van der Waals surface area contributed by atoms with Crippen LogP contribution in [0.15, 0.2) is 132 Å². The van der Waals surface area contributed by atoms with Crippen LogP contribution < -0.4 is 29.6 Å². The molecule has 4 aliphatic rings. The van der Waals surface area contributed by atoms with Crippen molar-refractivity contribution in [1.29, 1.82) is 0 Å². The number of carbonyl (C=O) groups excluding carboxylic acids is 3. The second kappa shape index (κ2) is 24.5. The number of Topliss-reactive ketones (excluding diaryl/α,β-unsaturated/α-hetero) is 2. The predicted molar refractivity (Wildman–Crippen MR) is 278 cm³/mol. The van der Waals surface area contributed by atoms with E-state index in [1.54, 1.807) is 36.7 Å². The first-order chi connectivity index (χ1) is 35.2. The monoisotopic (exact) mass is 1020 g/mol. The Balaban J connectivity index is 0.000000213.